The first-order valence-electron chi connectivity index (χ1n) is 7.70. The lowest BCUT2D eigenvalue weighted by Gasteiger charge is -2.14. The van der Waals surface area contributed by atoms with Gasteiger partial charge in [-0.3, -0.25) is 9.59 Å². The van der Waals surface area contributed by atoms with Gasteiger partial charge in [-0.1, -0.05) is 58.3 Å². The Morgan fingerprint density at radius 2 is 1.40 bits per heavy atom. The fraction of sp³-hybridized carbons (Fsp3) is 0.867. The minimum absolute atomic E-state index is 0.0150. The van der Waals surface area contributed by atoms with E-state index in [-0.39, 0.29) is 6.42 Å². The number of carbonyl (C=O) groups is 2. The van der Waals surface area contributed by atoms with Gasteiger partial charge in [0, 0.05) is 0 Å². The average Bonchev–Trinajstić information content (AvgIpc) is 2.39. The Morgan fingerprint density at radius 1 is 0.900 bits per heavy atom. The highest BCUT2D eigenvalue weighted by molar-refractivity contribution is 5.75. The molecule has 0 aromatic carbocycles. The number of rotatable bonds is 13. The molecule has 4 N–H and O–H groups in total. The van der Waals surface area contributed by atoms with Gasteiger partial charge in [-0.05, 0) is 12.8 Å². The van der Waals surface area contributed by atoms with E-state index in [2.05, 4.69) is 6.92 Å². The molecule has 20 heavy (non-hydrogen) atoms. The molecule has 2 atom stereocenters. The number of hydrogen-bond donors (Lipinski definition) is 3. The van der Waals surface area contributed by atoms with Gasteiger partial charge in [0.2, 0.25) is 0 Å². The summed E-state index contributed by atoms with van der Waals surface area (Å²) >= 11 is 0. The Morgan fingerprint density at radius 3 is 1.85 bits per heavy atom. The minimum Gasteiger partial charge on any atom is -0.481 e. The summed E-state index contributed by atoms with van der Waals surface area (Å²) in [5.41, 5.74) is 5.39. The monoisotopic (exact) mass is 287 g/mol. The summed E-state index contributed by atoms with van der Waals surface area (Å²) in [4.78, 5) is 21.7. The maximum atomic E-state index is 11.0. The molecule has 0 aromatic heterocycles. The van der Waals surface area contributed by atoms with Crippen molar-refractivity contribution in [3.05, 3.63) is 0 Å². The van der Waals surface area contributed by atoms with Crippen LogP contribution in [0.15, 0.2) is 0 Å². The molecule has 0 bridgehead atoms. The third kappa shape index (κ3) is 9.78. The van der Waals surface area contributed by atoms with Crippen molar-refractivity contribution in [2.24, 2.45) is 11.7 Å². The zero-order chi connectivity index (χ0) is 15.4. The fourth-order valence-corrected chi connectivity index (χ4v) is 2.27. The number of nitrogens with two attached hydrogens (primary N) is 1. The SMILES string of the molecule is CCCCCCCCCCC(C[C@@H](N)C(=O)O)C(=O)O. The first-order chi connectivity index (χ1) is 9.49. The summed E-state index contributed by atoms with van der Waals surface area (Å²) in [7, 11) is 0. The van der Waals surface area contributed by atoms with Crippen molar-refractivity contribution < 1.29 is 19.8 Å². The van der Waals surface area contributed by atoms with Gasteiger partial charge >= 0.3 is 11.9 Å². The van der Waals surface area contributed by atoms with Crippen molar-refractivity contribution in [3.8, 4) is 0 Å². The van der Waals surface area contributed by atoms with Crippen molar-refractivity contribution in [1.29, 1.82) is 0 Å². The Bertz CT molecular complexity index is 281. The van der Waals surface area contributed by atoms with Gasteiger partial charge in [0.1, 0.15) is 6.04 Å². The molecule has 0 spiro atoms. The van der Waals surface area contributed by atoms with Crippen molar-refractivity contribution >= 4 is 11.9 Å². The molecule has 0 aliphatic heterocycles. The Balaban J connectivity index is 3.71. The topological polar surface area (TPSA) is 101 Å². The highest BCUT2D eigenvalue weighted by atomic mass is 16.4. The van der Waals surface area contributed by atoms with Gasteiger partial charge in [0.05, 0.1) is 5.92 Å². The van der Waals surface area contributed by atoms with Crippen LogP contribution in [0.25, 0.3) is 0 Å². The van der Waals surface area contributed by atoms with Crippen LogP contribution in [0.3, 0.4) is 0 Å². The fourth-order valence-electron chi connectivity index (χ4n) is 2.27. The number of hydrogen-bond acceptors (Lipinski definition) is 3. The lowest BCUT2D eigenvalue weighted by molar-refractivity contribution is -0.143. The summed E-state index contributed by atoms with van der Waals surface area (Å²) in [6, 6.07) is -1.08. The smallest absolute Gasteiger partial charge is 0.320 e. The second-order valence-corrected chi connectivity index (χ2v) is 5.48. The average molecular weight is 287 g/mol. The summed E-state index contributed by atoms with van der Waals surface area (Å²) in [5.74, 6) is -2.71. The van der Waals surface area contributed by atoms with E-state index in [1.807, 2.05) is 0 Å². The van der Waals surface area contributed by atoms with Gasteiger partial charge in [-0.25, -0.2) is 0 Å². The van der Waals surface area contributed by atoms with Crippen LogP contribution in [-0.4, -0.2) is 28.2 Å². The van der Waals surface area contributed by atoms with Crippen LogP contribution in [0, 0.1) is 5.92 Å². The molecule has 5 heteroatoms. The second-order valence-electron chi connectivity index (χ2n) is 5.48. The summed E-state index contributed by atoms with van der Waals surface area (Å²) in [5, 5.41) is 17.8. The zero-order valence-electron chi connectivity index (χ0n) is 12.5. The Labute approximate surface area is 121 Å². The molecule has 0 heterocycles. The molecule has 0 saturated carbocycles. The Kier molecular flexibility index (Phi) is 11.1. The van der Waals surface area contributed by atoms with Gasteiger partial charge < -0.3 is 15.9 Å². The predicted molar refractivity (Wildman–Crippen MR) is 78.6 cm³/mol. The van der Waals surface area contributed by atoms with Crippen LogP contribution >= 0.6 is 0 Å². The highest BCUT2D eigenvalue weighted by Crippen LogP contribution is 2.17. The van der Waals surface area contributed by atoms with E-state index in [0.717, 1.165) is 19.3 Å². The largest absolute Gasteiger partial charge is 0.481 e. The molecule has 0 aromatic rings. The van der Waals surface area contributed by atoms with Gasteiger partial charge in [-0.2, -0.15) is 0 Å². The first-order valence-corrected chi connectivity index (χ1v) is 7.70. The van der Waals surface area contributed by atoms with Crippen LogP contribution in [0.5, 0.6) is 0 Å². The molecule has 0 amide bonds. The van der Waals surface area contributed by atoms with Crippen LogP contribution in [-0.2, 0) is 9.59 Å². The number of unbranched alkanes of at least 4 members (excludes halogenated alkanes) is 7. The van der Waals surface area contributed by atoms with Crippen LogP contribution in [0.4, 0.5) is 0 Å². The second kappa shape index (κ2) is 11.7. The van der Waals surface area contributed by atoms with Gasteiger partial charge in [-0.15, -0.1) is 0 Å². The summed E-state index contributed by atoms with van der Waals surface area (Å²) in [6.07, 6.45) is 9.76. The molecule has 0 rings (SSSR count). The molecule has 0 aliphatic carbocycles. The van der Waals surface area contributed by atoms with Crippen molar-refractivity contribution in [2.45, 2.75) is 77.2 Å². The quantitative estimate of drug-likeness (QED) is 0.452. The van der Waals surface area contributed by atoms with Crippen LogP contribution in [0.1, 0.15) is 71.1 Å². The normalized spacial score (nSPS) is 13.9. The molecular weight excluding hydrogens is 258 g/mol. The molecule has 0 saturated heterocycles. The molecule has 0 radical (unpaired) electrons. The van der Waals surface area contributed by atoms with Crippen LogP contribution in [0.2, 0.25) is 0 Å². The van der Waals surface area contributed by atoms with E-state index in [1.165, 1.54) is 32.1 Å². The van der Waals surface area contributed by atoms with E-state index >= 15 is 0 Å². The zero-order valence-corrected chi connectivity index (χ0v) is 12.5. The number of aliphatic carboxylic acids is 2. The number of carboxylic acid groups (broad SMARTS) is 2. The van der Waals surface area contributed by atoms with Gasteiger partial charge in [0.15, 0.2) is 0 Å². The predicted octanol–water partition coefficient (Wildman–Crippen LogP) is 3.02. The van der Waals surface area contributed by atoms with E-state index in [4.69, 9.17) is 15.9 Å². The molecule has 118 valence electrons. The Hall–Kier alpha value is -1.10. The minimum atomic E-state index is -1.13. The maximum Gasteiger partial charge on any atom is 0.320 e. The maximum absolute atomic E-state index is 11.0. The highest BCUT2D eigenvalue weighted by Gasteiger charge is 2.23. The van der Waals surface area contributed by atoms with Crippen molar-refractivity contribution in [2.75, 3.05) is 0 Å². The summed E-state index contributed by atoms with van der Waals surface area (Å²) < 4.78 is 0. The third-order valence-corrected chi connectivity index (χ3v) is 3.61. The lowest BCUT2D eigenvalue weighted by atomic mass is 9.94. The first kappa shape index (κ1) is 18.9. The van der Waals surface area contributed by atoms with E-state index < -0.39 is 23.9 Å². The van der Waals surface area contributed by atoms with Crippen molar-refractivity contribution in [3.63, 3.8) is 0 Å². The number of carboxylic acids is 2. The molecule has 1 unspecified atom stereocenters. The third-order valence-electron chi connectivity index (χ3n) is 3.61. The van der Waals surface area contributed by atoms with Crippen LogP contribution < -0.4 is 5.73 Å². The molecule has 0 fully saturated rings. The van der Waals surface area contributed by atoms with E-state index in [1.54, 1.807) is 0 Å². The van der Waals surface area contributed by atoms with E-state index in [0.29, 0.717) is 6.42 Å². The summed E-state index contributed by atoms with van der Waals surface area (Å²) in [6.45, 7) is 2.19. The molecule has 5 nitrogen and oxygen atoms in total. The molecular formula is C15H29NO4. The standard InChI is InChI=1S/C15H29NO4/c1-2-3-4-5-6-7-8-9-10-12(14(17)18)11-13(16)15(19)20/h12-13H,2-11,16H2,1H3,(H,17,18)(H,19,20)/t12?,13-/m1/s1. The van der Waals surface area contributed by atoms with Gasteiger partial charge in [0.25, 0.3) is 0 Å². The molecule has 0 aliphatic rings. The lowest BCUT2D eigenvalue weighted by Crippen LogP contribution is -2.34. The van der Waals surface area contributed by atoms with Crippen molar-refractivity contribution in [1.82, 2.24) is 0 Å². The van der Waals surface area contributed by atoms with E-state index in [9.17, 15) is 9.59 Å².